The van der Waals surface area contributed by atoms with Crippen molar-refractivity contribution in [3.05, 3.63) is 36.5 Å². The molecule has 6 nitrogen and oxygen atoms in total. The molecule has 362 valence electrons. The minimum absolute atomic E-state index is 0.0876. The zero-order valence-electron chi connectivity index (χ0n) is 41.4. The second-order valence-electron chi connectivity index (χ2n) is 18.2. The van der Waals surface area contributed by atoms with Crippen LogP contribution in [0.25, 0.3) is 0 Å². The van der Waals surface area contributed by atoms with Gasteiger partial charge in [-0.2, -0.15) is 0 Å². The van der Waals surface area contributed by atoms with Gasteiger partial charge in [0.25, 0.3) is 0 Å². The Balaban J connectivity index is 4.41. The first-order chi connectivity index (χ1) is 30.5. The van der Waals surface area contributed by atoms with Gasteiger partial charge < -0.3 is 14.2 Å². The number of unbranched alkanes of at least 4 members (excludes halogenated alkanes) is 32. The van der Waals surface area contributed by atoms with Crippen molar-refractivity contribution in [3.8, 4) is 0 Å². The van der Waals surface area contributed by atoms with Crippen LogP contribution in [0.5, 0.6) is 0 Å². The van der Waals surface area contributed by atoms with E-state index < -0.39 is 6.10 Å². The van der Waals surface area contributed by atoms with Crippen molar-refractivity contribution < 1.29 is 28.6 Å². The van der Waals surface area contributed by atoms with Gasteiger partial charge in [-0.3, -0.25) is 14.4 Å². The number of hydrogen-bond acceptors (Lipinski definition) is 6. The Morgan fingerprint density at radius 2 is 0.597 bits per heavy atom. The van der Waals surface area contributed by atoms with Gasteiger partial charge in [0, 0.05) is 19.3 Å². The molecule has 0 unspecified atom stereocenters. The molecule has 0 saturated carbocycles. The van der Waals surface area contributed by atoms with Crippen LogP contribution in [0.4, 0.5) is 0 Å². The number of esters is 3. The fraction of sp³-hybridized carbons (Fsp3) is 0.839. The summed E-state index contributed by atoms with van der Waals surface area (Å²) in [5.74, 6) is -0.927. The largest absolute Gasteiger partial charge is 0.462 e. The zero-order valence-corrected chi connectivity index (χ0v) is 41.4. The monoisotopic (exact) mass is 871 g/mol. The number of allylic oxidation sites excluding steroid dienone is 6. The topological polar surface area (TPSA) is 78.9 Å². The first-order valence-corrected chi connectivity index (χ1v) is 27.0. The Bertz CT molecular complexity index is 1050. The predicted octanol–water partition coefficient (Wildman–Crippen LogP) is 17.7. The van der Waals surface area contributed by atoms with Crippen molar-refractivity contribution in [2.75, 3.05) is 13.2 Å². The Hall–Kier alpha value is -2.37. The molecular formula is C56H102O6. The molecule has 0 aromatic heterocycles. The number of ether oxygens (including phenoxy) is 3. The van der Waals surface area contributed by atoms with Crippen LogP contribution in [0.15, 0.2) is 36.5 Å². The highest BCUT2D eigenvalue weighted by atomic mass is 16.6. The predicted molar refractivity (Wildman–Crippen MR) is 266 cm³/mol. The molecule has 0 heterocycles. The van der Waals surface area contributed by atoms with E-state index in [9.17, 15) is 14.4 Å². The van der Waals surface area contributed by atoms with Gasteiger partial charge in [-0.25, -0.2) is 0 Å². The van der Waals surface area contributed by atoms with Crippen LogP contribution < -0.4 is 0 Å². The molecule has 0 aliphatic carbocycles. The summed E-state index contributed by atoms with van der Waals surface area (Å²) in [5, 5.41) is 0. The Labute approximate surface area is 385 Å². The third-order valence-electron chi connectivity index (χ3n) is 11.9. The van der Waals surface area contributed by atoms with Gasteiger partial charge in [0.2, 0.25) is 0 Å². The smallest absolute Gasteiger partial charge is 0.306 e. The van der Waals surface area contributed by atoms with Crippen molar-refractivity contribution in [2.24, 2.45) is 0 Å². The summed E-state index contributed by atoms with van der Waals surface area (Å²) in [4.78, 5) is 38.0. The molecule has 0 N–H and O–H groups in total. The van der Waals surface area contributed by atoms with Gasteiger partial charge in [-0.05, 0) is 51.4 Å². The maximum absolute atomic E-state index is 12.8. The molecule has 0 amide bonds. The number of carbonyl (C=O) groups excluding carboxylic acids is 3. The first kappa shape index (κ1) is 59.6. The quantitative estimate of drug-likeness (QED) is 0.0262. The standard InChI is InChI=1S/C56H102O6/c1-4-7-10-13-16-19-22-25-27-28-30-32-35-38-41-44-47-50-56(59)62-53(51-60-54(57)48-45-42-39-36-33-24-21-18-15-12-9-6-3)52-61-55(58)49-46-43-40-37-34-31-29-26-23-20-17-14-11-8-5-2/h25,27,30,32,38,41,53H,4-24,26,28-29,31,33-37,39-40,42-52H2,1-3H3/b27-25-,32-30-,41-38-/t53-/m0/s1. The Morgan fingerprint density at radius 1 is 0.323 bits per heavy atom. The average molecular weight is 871 g/mol. The summed E-state index contributed by atoms with van der Waals surface area (Å²) in [6, 6.07) is 0. The van der Waals surface area contributed by atoms with Crippen LogP contribution >= 0.6 is 0 Å². The normalized spacial score (nSPS) is 12.2. The molecule has 0 aliphatic heterocycles. The fourth-order valence-corrected chi connectivity index (χ4v) is 7.81. The van der Waals surface area contributed by atoms with Crippen molar-refractivity contribution in [1.29, 1.82) is 0 Å². The second-order valence-corrected chi connectivity index (χ2v) is 18.2. The van der Waals surface area contributed by atoms with Crippen molar-refractivity contribution in [2.45, 2.75) is 290 Å². The average Bonchev–Trinajstić information content (AvgIpc) is 3.27. The summed E-state index contributed by atoms with van der Waals surface area (Å²) in [6.07, 6.45) is 59.9. The molecule has 0 bridgehead atoms. The lowest BCUT2D eigenvalue weighted by atomic mass is 10.0. The molecule has 0 rings (SSSR count). The van der Waals surface area contributed by atoms with Crippen LogP contribution in [0.3, 0.4) is 0 Å². The maximum Gasteiger partial charge on any atom is 0.306 e. The van der Waals surface area contributed by atoms with Crippen molar-refractivity contribution >= 4 is 17.9 Å². The van der Waals surface area contributed by atoms with Crippen LogP contribution in [-0.4, -0.2) is 37.2 Å². The van der Waals surface area contributed by atoms with Crippen LogP contribution in [0.1, 0.15) is 284 Å². The molecular weight excluding hydrogens is 769 g/mol. The molecule has 6 heteroatoms. The molecule has 0 saturated heterocycles. The summed E-state index contributed by atoms with van der Waals surface area (Å²) < 4.78 is 16.8. The van der Waals surface area contributed by atoms with Gasteiger partial charge in [0.15, 0.2) is 6.10 Å². The number of hydrogen-bond donors (Lipinski definition) is 0. The van der Waals surface area contributed by atoms with E-state index in [0.29, 0.717) is 19.3 Å². The summed E-state index contributed by atoms with van der Waals surface area (Å²) in [7, 11) is 0. The molecule has 0 aliphatic rings. The summed E-state index contributed by atoms with van der Waals surface area (Å²) in [5.41, 5.74) is 0. The van der Waals surface area contributed by atoms with Crippen molar-refractivity contribution in [1.82, 2.24) is 0 Å². The minimum atomic E-state index is -0.793. The van der Waals surface area contributed by atoms with E-state index in [2.05, 4.69) is 57.2 Å². The number of carbonyl (C=O) groups is 3. The lowest BCUT2D eigenvalue weighted by molar-refractivity contribution is -0.167. The summed E-state index contributed by atoms with van der Waals surface area (Å²) >= 11 is 0. The maximum atomic E-state index is 12.8. The van der Waals surface area contributed by atoms with Crippen LogP contribution in [0.2, 0.25) is 0 Å². The van der Waals surface area contributed by atoms with Gasteiger partial charge in [0.05, 0.1) is 0 Å². The van der Waals surface area contributed by atoms with E-state index in [0.717, 1.165) is 57.8 Å². The van der Waals surface area contributed by atoms with Crippen LogP contribution in [0, 0.1) is 0 Å². The second kappa shape index (κ2) is 51.3. The highest BCUT2D eigenvalue weighted by Crippen LogP contribution is 2.16. The molecule has 0 radical (unpaired) electrons. The molecule has 0 aromatic rings. The highest BCUT2D eigenvalue weighted by molar-refractivity contribution is 5.71. The van der Waals surface area contributed by atoms with E-state index in [4.69, 9.17) is 14.2 Å². The molecule has 0 spiro atoms. The highest BCUT2D eigenvalue weighted by Gasteiger charge is 2.19. The first-order valence-electron chi connectivity index (χ1n) is 27.0. The lowest BCUT2D eigenvalue weighted by Gasteiger charge is -2.18. The molecule has 62 heavy (non-hydrogen) atoms. The number of rotatable bonds is 49. The van der Waals surface area contributed by atoms with Crippen molar-refractivity contribution in [3.63, 3.8) is 0 Å². The van der Waals surface area contributed by atoms with E-state index in [1.165, 1.54) is 180 Å². The van der Waals surface area contributed by atoms with E-state index in [-0.39, 0.29) is 37.5 Å². The van der Waals surface area contributed by atoms with Crippen LogP contribution in [-0.2, 0) is 28.6 Å². The molecule has 1 atom stereocenters. The summed E-state index contributed by atoms with van der Waals surface area (Å²) in [6.45, 7) is 6.62. The fourth-order valence-electron chi connectivity index (χ4n) is 7.81. The Kier molecular flexibility index (Phi) is 49.3. The van der Waals surface area contributed by atoms with E-state index >= 15 is 0 Å². The van der Waals surface area contributed by atoms with Gasteiger partial charge in [-0.1, -0.05) is 250 Å². The van der Waals surface area contributed by atoms with Gasteiger partial charge >= 0.3 is 17.9 Å². The van der Waals surface area contributed by atoms with Gasteiger partial charge in [-0.15, -0.1) is 0 Å². The lowest BCUT2D eigenvalue weighted by Crippen LogP contribution is -2.30. The van der Waals surface area contributed by atoms with Gasteiger partial charge in [0.1, 0.15) is 13.2 Å². The zero-order chi connectivity index (χ0) is 45.1. The van der Waals surface area contributed by atoms with E-state index in [1.54, 1.807) is 0 Å². The minimum Gasteiger partial charge on any atom is -0.462 e. The Morgan fingerprint density at radius 3 is 0.952 bits per heavy atom. The third kappa shape index (κ3) is 48.7. The third-order valence-corrected chi connectivity index (χ3v) is 11.9. The van der Waals surface area contributed by atoms with E-state index in [1.807, 2.05) is 0 Å². The SMILES string of the molecule is CCCCCCCC/C=C\C/C=C\C/C=C\CCCC(=O)O[C@@H](COC(=O)CCCCCCCCCCCCCC)COC(=O)CCCCCCCCCCCCCCCCC. The molecule has 0 aromatic carbocycles. The molecule has 0 fully saturated rings.